The van der Waals surface area contributed by atoms with Crippen molar-refractivity contribution in [1.82, 2.24) is 0 Å². The van der Waals surface area contributed by atoms with Crippen LogP contribution in [0, 0.1) is 11.3 Å². The maximum absolute atomic E-state index is 11.0. The topological polar surface area (TPSA) is 53.3 Å². The van der Waals surface area contributed by atoms with Crippen molar-refractivity contribution >= 4 is 27.6 Å². The number of halogens is 1. The summed E-state index contributed by atoms with van der Waals surface area (Å²) in [7, 11) is 3.29. The average molecular weight is 311 g/mol. The van der Waals surface area contributed by atoms with Crippen molar-refractivity contribution in [2.75, 3.05) is 25.6 Å². The monoisotopic (exact) mass is 310 g/mol. The summed E-state index contributed by atoms with van der Waals surface area (Å²) in [4.78, 5) is 13.0. The van der Waals surface area contributed by atoms with Gasteiger partial charge in [-0.15, -0.1) is 0 Å². The Bertz CT molecular complexity index is 469. The lowest BCUT2D eigenvalue weighted by molar-refractivity contribution is -0.140. The van der Waals surface area contributed by atoms with Gasteiger partial charge in [-0.3, -0.25) is 4.79 Å². The van der Waals surface area contributed by atoms with Gasteiger partial charge in [0.15, 0.2) is 0 Å². The third-order valence-electron chi connectivity index (χ3n) is 2.59. The van der Waals surface area contributed by atoms with E-state index in [2.05, 4.69) is 26.7 Å². The lowest BCUT2D eigenvalue weighted by Crippen LogP contribution is -2.20. The zero-order chi connectivity index (χ0) is 13.5. The van der Waals surface area contributed by atoms with E-state index in [0.29, 0.717) is 24.9 Å². The third kappa shape index (κ3) is 4.04. The van der Waals surface area contributed by atoms with E-state index in [-0.39, 0.29) is 5.97 Å². The largest absolute Gasteiger partial charge is 0.469 e. The molecule has 0 saturated heterocycles. The smallest absolute Gasteiger partial charge is 0.305 e. The maximum Gasteiger partial charge on any atom is 0.305 e. The summed E-state index contributed by atoms with van der Waals surface area (Å²) in [6, 6.07) is 7.67. The van der Waals surface area contributed by atoms with E-state index >= 15 is 0 Å². The molecule has 0 aliphatic carbocycles. The van der Waals surface area contributed by atoms with Gasteiger partial charge in [-0.2, -0.15) is 5.26 Å². The second-order valence-corrected chi connectivity index (χ2v) is 4.79. The van der Waals surface area contributed by atoms with Crippen molar-refractivity contribution in [2.24, 2.45) is 0 Å². The molecule has 0 spiro atoms. The molecular formula is C13H15BrN2O2. The second kappa shape index (κ2) is 7.02. The van der Waals surface area contributed by atoms with Gasteiger partial charge >= 0.3 is 5.97 Å². The number of methoxy groups -OCH3 is 1. The number of hydrogen-bond donors (Lipinski definition) is 0. The fourth-order valence-electron chi connectivity index (χ4n) is 1.60. The number of nitrogens with zero attached hydrogens (tertiary/aromatic N) is 2. The summed E-state index contributed by atoms with van der Waals surface area (Å²) in [5, 5.41) is 9.04. The molecule has 96 valence electrons. The summed E-state index contributed by atoms with van der Waals surface area (Å²) < 4.78 is 5.51. The van der Waals surface area contributed by atoms with E-state index in [1.807, 2.05) is 24.1 Å². The zero-order valence-electron chi connectivity index (χ0n) is 10.4. The number of ether oxygens (including phenoxy) is 1. The second-order valence-electron chi connectivity index (χ2n) is 3.87. The quantitative estimate of drug-likeness (QED) is 0.785. The van der Waals surface area contributed by atoms with Crippen LogP contribution in [0.2, 0.25) is 0 Å². The normalized spacial score (nSPS) is 9.67. The lowest BCUT2D eigenvalue weighted by Gasteiger charge is -2.20. The Morgan fingerprint density at radius 3 is 2.89 bits per heavy atom. The lowest BCUT2D eigenvalue weighted by atomic mass is 10.1. The highest BCUT2D eigenvalue weighted by Gasteiger charge is 2.09. The minimum absolute atomic E-state index is 0.210. The molecular weight excluding hydrogens is 296 g/mol. The van der Waals surface area contributed by atoms with Gasteiger partial charge in [0.1, 0.15) is 6.07 Å². The summed E-state index contributed by atoms with van der Waals surface area (Å²) in [5.41, 5.74) is 1.48. The van der Waals surface area contributed by atoms with E-state index < -0.39 is 0 Å². The summed E-state index contributed by atoms with van der Waals surface area (Å²) in [6.07, 6.45) is 1.08. The van der Waals surface area contributed by atoms with Gasteiger partial charge in [0.25, 0.3) is 0 Å². The molecule has 0 atom stereocenters. The third-order valence-corrected chi connectivity index (χ3v) is 3.09. The minimum Gasteiger partial charge on any atom is -0.469 e. The molecule has 0 amide bonds. The van der Waals surface area contributed by atoms with Gasteiger partial charge in [-0.05, 0) is 24.6 Å². The van der Waals surface area contributed by atoms with Gasteiger partial charge in [0.2, 0.25) is 0 Å². The fraction of sp³-hybridized carbons (Fsp3) is 0.385. The van der Waals surface area contributed by atoms with Crippen molar-refractivity contribution in [3.8, 4) is 6.07 Å². The van der Waals surface area contributed by atoms with Gasteiger partial charge < -0.3 is 9.64 Å². The van der Waals surface area contributed by atoms with E-state index in [1.54, 1.807) is 6.07 Å². The number of esters is 1. The van der Waals surface area contributed by atoms with Crippen LogP contribution in [0.1, 0.15) is 18.4 Å². The van der Waals surface area contributed by atoms with Crippen molar-refractivity contribution in [3.05, 3.63) is 28.2 Å². The molecule has 0 heterocycles. The Kier molecular flexibility index (Phi) is 5.66. The standard InChI is InChI=1S/C13H15BrN2O2/c1-16(7-3-4-13(17)18-2)12-8-11(14)6-5-10(12)9-15/h5-6,8H,3-4,7H2,1-2H3. The molecule has 0 radical (unpaired) electrons. The number of benzene rings is 1. The van der Waals surface area contributed by atoms with Crippen LogP contribution in [-0.4, -0.2) is 26.7 Å². The van der Waals surface area contributed by atoms with Crippen molar-refractivity contribution in [2.45, 2.75) is 12.8 Å². The highest BCUT2D eigenvalue weighted by atomic mass is 79.9. The van der Waals surface area contributed by atoms with Gasteiger partial charge in [0, 0.05) is 24.5 Å². The van der Waals surface area contributed by atoms with Crippen LogP contribution in [0.15, 0.2) is 22.7 Å². The molecule has 1 aromatic rings. The minimum atomic E-state index is -0.210. The van der Waals surface area contributed by atoms with Crippen LogP contribution < -0.4 is 4.90 Å². The molecule has 5 heteroatoms. The molecule has 0 unspecified atom stereocenters. The molecule has 0 saturated carbocycles. The van der Waals surface area contributed by atoms with E-state index in [0.717, 1.165) is 10.2 Å². The molecule has 0 aromatic heterocycles. The number of nitriles is 1. The Balaban J connectivity index is 2.66. The molecule has 0 N–H and O–H groups in total. The molecule has 1 aromatic carbocycles. The number of rotatable bonds is 5. The Hall–Kier alpha value is -1.54. The Morgan fingerprint density at radius 2 is 2.28 bits per heavy atom. The zero-order valence-corrected chi connectivity index (χ0v) is 12.0. The highest BCUT2D eigenvalue weighted by molar-refractivity contribution is 9.10. The van der Waals surface area contributed by atoms with E-state index in [4.69, 9.17) is 5.26 Å². The Morgan fingerprint density at radius 1 is 1.56 bits per heavy atom. The fourth-order valence-corrected chi connectivity index (χ4v) is 1.95. The van der Waals surface area contributed by atoms with Crippen LogP contribution in [0.3, 0.4) is 0 Å². The van der Waals surface area contributed by atoms with E-state index in [1.165, 1.54) is 7.11 Å². The summed E-state index contributed by atoms with van der Waals surface area (Å²) in [5.74, 6) is -0.210. The van der Waals surface area contributed by atoms with Crippen molar-refractivity contribution < 1.29 is 9.53 Å². The number of carbonyl (C=O) groups is 1. The first-order valence-electron chi connectivity index (χ1n) is 5.56. The molecule has 0 aliphatic rings. The van der Waals surface area contributed by atoms with Crippen LogP contribution in [0.4, 0.5) is 5.69 Å². The molecule has 0 fully saturated rings. The first kappa shape index (κ1) is 14.5. The van der Waals surface area contributed by atoms with E-state index in [9.17, 15) is 4.79 Å². The van der Waals surface area contributed by atoms with Gasteiger partial charge in [-0.1, -0.05) is 15.9 Å². The molecule has 0 aliphatic heterocycles. The average Bonchev–Trinajstić information content (AvgIpc) is 2.38. The predicted octanol–water partition coefficient (Wildman–Crippen LogP) is 2.71. The number of anilines is 1. The molecule has 18 heavy (non-hydrogen) atoms. The first-order valence-corrected chi connectivity index (χ1v) is 6.35. The number of carbonyl (C=O) groups excluding carboxylic acids is 1. The SMILES string of the molecule is COC(=O)CCCN(C)c1cc(Br)ccc1C#N. The van der Waals surface area contributed by atoms with Crippen LogP contribution in [0.5, 0.6) is 0 Å². The summed E-state index contributed by atoms with van der Waals surface area (Å²) in [6.45, 7) is 0.695. The van der Waals surface area contributed by atoms with Gasteiger partial charge in [-0.25, -0.2) is 0 Å². The predicted molar refractivity (Wildman–Crippen MR) is 73.4 cm³/mol. The van der Waals surface area contributed by atoms with Crippen LogP contribution >= 0.6 is 15.9 Å². The van der Waals surface area contributed by atoms with Crippen LogP contribution in [0.25, 0.3) is 0 Å². The van der Waals surface area contributed by atoms with Crippen molar-refractivity contribution in [3.63, 3.8) is 0 Å². The number of hydrogen-bond acceptors (Lipinski definition) is 4. The molecule has 1 rings (SSSR count). The van der Waals surface area contributed by atoms with Crippen molar-refractivity contribution in [1.29, 1.82) is 5.26 Å². The highest BCUT2D eigenvalue weighted by Crippen LogP contribution is 2.24. The maximum atomic E-state index is 11.0. The first-order chi connectivity index (χ1) is 8.58. The van der Waals surface area contributed by atoms with Gasteiger partial charge in [0.05, 0.1) is 18.4 Å². The molecule has 4 nitrogen and oxygen atoms in total. The molecule has 0 bridgehead atoms. The Labute approximate surface area is 115 Å². The van der Waals surface area contributed by atoms with Crippen LogP contribution in [-0.2, 0) is 9.53 Å². The summed E-state index contributed by atoms with van der Waals surface area (Å²) >= 11 is 3.39.